The Hall–Kier alpha value is -1.64. The number of rotatable bonds is 9. The van der Waals surface area contributed by atoms with Gasteiger partial charge in [-0.15, -0.1) is 0 Å². The molecule has 1 aromatic rings. The van der Waals surface area contributed by atoms with Crippen molar-refractivity contribution in [3.8, 4) is 5.75 Å². The molecule has 4 aliphatic rings. The molecule has 0 spiro atoms. The molecule has 0 unspecified atom stereocenters. The summed E-state index contributed by atoms with van der Waals surface area (Å²) in [6.45, 7) is 1.08. The minimum Gasteiger partial charge on any atom is -0.495 e. The third-order valence-corrected chi connectivity index (χ3v) is 8.58. The third kappa shape index (κ3) is 4.36. The fourth-order valence-corrected chi connectivity index (χ4v) is 7.47. The van der Waals surface area contributed by atoms with Crippen molar-refractivity contribution in [2.24, 2.45) is 23.2 Å². The molecular weight excluding hydrogens is 404 g/mol. The highest BCUT2D eigenvalue weighted by Crippen LogP contribution is 2.59. The Kier molecular flexibility index (Phi) is 6.10. The monoisotopic (exact) mass is 436 g/mol. The third-order valence-electron chi connectivity index (χ3n) is 7.10. The van der Waals surface area contributed by atoms with E-state index in [2.05, 4.69) is 10.0 Å². The largest absolute Gasteiger partial charge is 0.495 e. The molecule has 1 aromatic carbocycles. The first-order valence-corrected chi connectivity index (χ1v) is 12.3. The van der Waals surface area contributed by atoms with E-state index in [4.69, 9.17) is 9.47 Å². The highest BCUT2D eigenvalue weighted by molar-refractivity contribution is 7.89. The van der Waals surface area contributed by atoms with Gasteiger partial charge in [0, 0.05) is 25.8 Å². The van der Waals surface area contributed by atoms with Crippen molar-refractivity contribution in [1.29, 1.82) is 0 Å². The summed E-state index contributed by atoms with van der Waals surface area (Å²) >= 11 is 0. The summed E-state index contributed by atoms with van der Waals surface area (Å²) in [5, 5.41) is 3.11. The average Bonchev–Trinajstić information content (AvgIpc) is 2.70. The number of sulfonamides is 1. The maximum absolute atomic E-state index is 12.9. The van der Waals surface area contributed by atoms with Gasteiger partial charge in [-0.1, -0.05) is 0 Å². The van der Waals surface area contributed by atoms with Crippen molar-refractivity contribution >= 4 is 15.9 Å². The molecule has 7 nitrogen and oxygen atoms in total. The standard InChI is InChI=1S/C22H32N2O5S/c1-28-6-5-24-30(26,27)20-10-18(3-4-19(20)29-2)21(25)23-14-22-11-15-7-16(12-22)9-17(8-15)13-22/h3-4,10,15-17,24H,5-9,11-14H2,1-2H3,(H,23,25). The summed E-state index contributed by atoms with van der Waals surface area (Å²) in [6.07, 6.45) is 7.73. The normalized spacial score (nSPS) is 29.7. The average molecular weight is 437 g/mol. The van der Waals surface area contributed by atoms with E-state index in [0.717, 1.165) is 17.8 Å². The van der Waals surface area contributed by atoms with Crippen molar-refractivity contribution in [1.82, 2.24) is 10.0 Å². The summed E-state index contributed by atoms with van der Waals surface area (Å²) in [7, 11) is -0.901. The Morgan fingerprint density at radius 1 is 1.10 bits per heavy atom. The van der Waals surface area contributed by atoms with Crippen LogP contribution in [0.2, 0.25) is 0 Å². The summed E-state index contributed by atoms with van der Waals surface area (Å²) in [4.78, 5) is 12.9. The lowest BCUT2D eigenvalue weighted by Gasteiger charge is -2.56. The van der Waals surface area contributed by atoms with Crippen LogP contribution >= 0.6 is 0 Å². The van der Waals surface area contributed by atoms with Crippen LogP contribution in [0.1, 0.15) is 48.9 Å². The number of amides is 1. The fraction of sp³-hybridized carbons (Fsp3) is 0.682. The van der Waals surface area contributed by atoms with Crippen molar-refractivity contribution in [3.63, 3.8) is 0 Å². The quantitative estimate of drug-likeness (QED) is 0.581. The molecule has 166 valence electrons. The molecule has 4 bridgehead atoms. The molecule has 8 heteroatoms. The van der Waals surface area contributed by atoms with Crippen LogP contribution in [0, 0.1) is 23.2 Å². The van der Waals surface area contributed by atoms with Crippen LogP contribution in [0.5, 0.6) is 5.75 Å². The fourth-order valence-electron chi connectivity index (χ4n) is 6.26. The van der Waals surface area contributed by atoms with Crippen LogP contribution in [-0.4, -0.2) is 48.2 Å². The molecule has 2 N–H and O–H groups in total. The van der Waals surface area contributed by atoms with Crippen LogP contribution in [0.25, 0.3) is 0 Å². The van der Waals surface area contributed by atoms with E-state index in [1.54, 1.807) is 6.07 Å². The van der Waals surface area contributed by atoms with Crippen molar-refractivity contribution in [2.75, 3.05) is 33.9 Å². The van der Waals surface area contributed by atoms with Crippen molar-refractivity contribution in [3.05, 3.63) is 23.8 Å². The molecule has 0 aliphatic heterocycles. The Bertz CT molecular complexity index is 864. The van der Waals surface area contributed by atoms with E-state index < -0.39 is 10.0 Å². The lowest BCUT2D eigenvalue weighted by Crippen LogP contribution is -2.51. The highest BCUT2D eigenvalue weighted by Gasteiger charge is 2.50. The summed E-state index contributed by atoms with van der Waals surface area (Å²) < 4.78 is 37.9. The zero-order chi connectivity index (χ0) is 21.4. The Labute approximate surface area is 179 Å². The van der Waals surface area contributed by atoms with Crippen molar-refractivity contribution in [2.45, 2.75) is 43.4 Å². The maximum Gasteiger partial charge on any atom is 0.251 e. The molecule has 0 atom stereocenters. The lowest BCUT2D eigenvalue weighted by molar-refractivity contribution is -0.0503. The molecule has 0 aromatic heterocycles. The van der Waals surface area contributed by atoms with Gasteiger partial charge in [0.05, 0.1) is 13.7 Å². The topological polar surface area (TPSA) is 93.7 Å². The predicted octanol–water partition coefficient (Wildman–Crippen LogP) is 2.57. The number of hydrogen-bond acceptors (Lipinski definition) is 5. The highest BCUT2D eigenvalue weighted by atomic mass is 32.2. The predicted molar refractivity (Wildman–Crippen MR) is 113 cm³/mol. The lowest BCUT2D eigenvalue weighted by atomic mass is 9.49. The minimum absolute atomic E-state index is 0.0384. The number of methoxy groups -OCH3 is 2. The van der Waals surface area contributed by atoms with Crippen LogP contribution in [0.15, 0.2) is 23.1 Å². The van der Waals surface area contributed by atoms with E-state index in [1.807, 2.05) is 0 Å². The Morgan fingerprint density at radius 3 is 2.30 bits per heavy atom. The van der Waals surface area contributed by atoms with Gasteiger partial charge in [0.25, 0.3) is 5.91 Å². The number of carbonyl (C=O) groups is 1. The van der Waals surface area contributed by atoms with Gasteiger partial charge >= 0.3 is 0 Å². The molecule has 4 aliphatic carbocycles. The van der Waals surface area contributed by atoms with Gasteiger partial charge in [-0.05, 0) is 79.9 Å². The second kappa shape index (κ2) is 8.48. The molecule has 1 amide bonds. The molecule has 0 radical (unpaired) electrons. The zero-order valence-electron chi connectivity index (χ0n) is 17.8. The smallest absolute Gasteiger partial charge is 0.251 e. The zero-order valence-corrected chi connectivity index (χ0v) is 18.6. The number of benzene rings is 1. The van der Waals surface area contributed by atoms with Gasteiger partial charge < -0.3 is 14.8 Å². The first-order valence-electron chi connectivity index (χ1n) is 10.8. The Morgan fingerprint density at radius 2 is 1.73 bits per heavy atom. The van der Waals surface area contributed by atoms with Crippen LogP contribution in [-0.2, 0) is 14.8 Å². The van der Waals surface area contributed by atoms with Gasteiger partial charge in [-0.3, -0.25) is 4.79 Å². The van der Waals surface area contributed by atoms with E-state index in [0.29, 0.717) is 12.1 Å². The van der Waals surface area contributed by atoms with E-state index in [-0.39, 0.29) is 35.1 Å². The van der Waals surface area contributed by atoms with E-state index in [9.17, 15) is 13.2 Å². The second-order valence-corrected chi connectivity index (χ2v) is 11.1. The summed E-state index contributed by atoms with van der Waals surface area (Å²) in [5.41, 5.74) is 0.556. The molecule has 30 heavy (non-hydrogen) atoms. The number of ether oxygens (including phenoxy) is 2. The molecule has 4 saturated carbocycles. The number of hydrogen-bond donors (Lipinski definition) is 2. The van der Waals surface area contributed by atoms with Gasteiger partial charge in [0.2, 0.25) is 10.0 Å². The SMILES string of the molecule is COCCNS(=O)(=O)c1cc(C(=O)NCC23CC4CC(CC(C4)C2)C3)ccc1OC. The van der Waals surface area contributed by atoms with Crippen LogP contribution in [0.3, 0.4) is 0 Å². The molecule has 5 rings (SSSR count). The minimum atomic E-state index is -3.82. The summed E-state index contributed by atoms with van der Waals surface area (Å²) in [5.74, 6) is 2.44. The van der Waals surface area contributed by atoms with Gasteiger partial charge in [-0.2, -0.15) is 0 Å². The van der Waals surface area contributed by atoms with Gasteiger partial charge in [0.1, 0.15) is 10.6 Å². The first-order chi connectivity index (χ1) is 14.3. The number of carbonyl (C=O) groups excluding carboxylic acids is 1. The van der Waals surface area contributed by atoms with E-state index in [1.165, 1.54) is 64.9 Å². The van der Waals surface area contributed by atoms with Crippen LogP contribution in [0.4, 0.5) is 0 Å². The Balaban J connectivity index is 1.46. The van der Waals surface area contributed by atoms with Gasteiger partial charge in [-0.25, -0.2) is 13.1 Å². The molecule has 0 saturated heterocycles. The molecule has 4 fully saturated rings. The second-order valence-electron chi connectivity index (χ2n) is 9.36. The van der Waals surface area contributed by atoms with Crippen molar-refractivity contribution < 1.29 is 22.7 Å². The van der Waals surface area contributed by atoms with E-state index >= 15 is 0 Å². The van der Waals surface area contributed by atoms with Crippen LogP contribution < -0.4 is 14.8 Å². The molecule has 0 heterocycles. The summed E-state index contributed by atoms with van der Waals surface area (Å²) in [6, 6.07) is 4.54. The maximum atomic E-state index is 12.9. The molecular formula is C22H32N2O5S. The first kappa shape index (κ1) is 21.6. The number of nitrogens with one attached hydrogen (secondary N) is 2. The van der Waals surface area contributed by atoms with Gasteiger partial charge in [0.15, 0.2) is 0 Å².